The lowest BCUT2D eigenvalue weighted by Crippen LogP contribution is -2.46. The molecule has 2 N–H and O–H groups in total. The first-order valence-corrected chi connectivity index (χ1v) is 6.94. The number of hydrogen-bond donors (Lipinski definition) is 2. The van der Waals surface area contributed by atoms with Crippen LogP contribution in [0.2, 0.25) is 5.02 Å². The Labute approximate surface area is 126 Å². The van der Waals surface area contributed by atoms with Gasteiger partial charge in [-0.3, -0.25) is 4.79 Å². The highest BCUT2D eigenvalue weighted by atomic mass is 35.5. The van der Waals surface area contributed by atoms with Crippen molar-refractivity contribution in [2.24, 2.45) is 5.41 Å². The number of halogens is 2. The monoisotopic (exact) mass is 314 g/mol. The summed E-state index contributed by atoms with van der Waals surface area (Å²) in [5, 5.41) is 11.9. The molecule has 2 rings (SSSR count). The topological polar surface area (TPSA) is 69.6 Å². The Morgan fingerprint density at radius 2 is 2.00 bits per heavy atom. The molecule has 0 aromatic heterocycles. The van der Waals surface area contributed by atoms with Crippen LogP contribution in [0.4, 0.5) is 14.9 Å². The van der Waals surface area contributed by atoms with Gasteiger partial charge in [0.2, 0.25) is 0 Å². The Hall–Kier alpha value is -1.82. The molecule has 1 aliphatic rings. The molecule has 0 unspecified atom stereocenters. The van der Waals surface area contributed by atoms with Gasteiger partial charge in [-0.25, -0.2) is 9.18 Å². The first-order chi connectivity index (χ1) is 9.82. The number of carboxylic acids is 1. The third kappa shape index (κ3) is 3.44. The molecule has 0 aliphatic carbocycles. The van der Waals surface area contributed by atoms with Gasteiger partial charge in [0.15, 0.2) is 0 Å². The molecule has 0 saturated carbocycles. The van der Waals surface area contributed by atoms with Gasteiger partial charge in [-0.15, -0.1) is 0 Å². The minimum absolute atomic E-state index is 0.0130. The SMILES string of the molecule is CC1(C(=O)O)CCN(C(=O)Nc2cc(Cl)ccc2F)CC1. The Kier molecular flexibility index (Phi) is 4.37. The molecule has 1 fully saturated rings. The van der Waals surface area contributed by atoms with Crippen molar-refractivity contribution in [1.29, 1.82) is 0 Å². The normalized spacial score (nSPS) is 17.4. The Morgan fingerprint density at radius 3 is 2.57 bits per heavy atom. The number of benzene rings is 1. The van der Waals surface area contributed by atoms with Crippen molar-refractivity contribution < 1.29 is 19.1 Å². The smallest absolute Gasteiger partial charge is 0.321 e. The van der Waals surface area contributed by atoms with Crippen LogP contribution < -0.4 is 5.32 Å². The molecule has 1 aromatic rings. The molecule has 1 aromatic carbocycles. The lowest BCUT2D eigenvalue weighted by molar-refractivity contribution is -0.150. The molecule has 7 heteroatoms. The van der Waals surface area contributed by atoms with Crippen LogP contribution in [-0.2, 0) is 4.79 Å². The Balaban J connectivity index is 2.00. The number of hydrogen-bond acceptors (Lipinski definition) is 2. The van der Waals surface area contributed by atoms with E-state index in [-0.39, 0.29) is 5.69 Å². The van der Waals surface area contributed by atoms with Gasteiger partial charge in [-0.1, -0.05) is 11.6 Å². The number of carbonyl (C=O) groups excluding carboxylic acids is 1. The zero-order valence-electron chi connectivity index (χ0n) is 11.5. The standard InChI is InChI=1S/C14H16ClFN2O3/c1-14(12(19)20)4-6-18(7-5-14)13(21)17-11-8-9(15)2-3-10(11)16/h2-3,8H,4-7H2,1H3,(H,17,21)(H,19,20). The van der Waals surface area contributed by atoms with Crippen LogP contribution in [0.5, 0.6) is 0 Å². The average Bonchev–Trinajstić information content (AvgIpc) is 2.43. The van der Waals surface area contributed by atoms with Gasteiger partial charge < -0.3 is 15.3 Å². The first-order valence-electron chi connectivity index (χ1n) is 6.56. The lowest BCUT2D eigenvalue weighted by atomic mass is 9.80. The number of nitrogens with one attached hydrogen (secondary N) is 1. The van der Waals surface area contributed by atoms with E-state index >= 15 is 0 Å². The summed E-state index contributed by atoms with van der Waals surface area (Å²) in [4.78, 5) is 24.7. The van der Waals surface area contributed by atoms with Crippen LogP contribution in [-0.4, -0.2) is 35.1 Å². The second-order valence-electron chi connectivity index (χ2n) is 5.41. The van der Waals surface area contributed by atoms with Gasteiger partial charge in [0.25, 0.3) is 0 Å². The van der Waals surface area contributed by atoms with E-state index in [2.05, 4.69) is 5.32 Å². The van der Waals surface area contributed by atoms with Crippen molar-refractivity contribution in [2.75, 3.05) is 18.4 Å². The van der Waals surface area contributed by atoms with E-state index < -0.39 is 23.2 Å². The summed E-state index contributed by atoms with van der Waals surface area (Å²) in [5.41, 5.74) is -0.794. The number of likely N-dealkylation sites (tertiary alicyclic amines) is 1. The molecule has 0 bridgehead atoms. The van der Waals surface area contributed by atoms with Crippen molar-refractivity contribution in [1.82, 2.24) is 4.90 Å². The number of rotatable bonds is 2. The van der Waals surface area contributed by atoms with Crippen molar-refractivity contribution >= 4 is 29.3 Å². The van der Waals surface area contributed by atoms with Gasteiger partial charge in [0.1, 0.15) is 5.82 Å². The number of urea groups is 1. The maximum Gasteiger partial charge on any atom is 0.321 e. The molecule has 1 heterocycles. The van der Waals surface area contributed by atoms with Crippen molar-refractivity contribution in [3.05, 3.63) is 29.0 Å². The quantitative estimate of drug-likeness (QED) is 0.880. The minimum Gasteiger partial charge on any atom is -0.481 e. The predicted octanol–water partition coefficient (Wildman–Crippen LogP) is 3.20. The van der Waals surface area contributed by atoms with E-state index in [0.29, 0.717) is 31.0 Å². The van der Waals surface area contributed by atoms with Gasteiger partial charge in [-0.2, -0.15) is 0 Å². The third-order valence-electron chi connectivity index (χ3n) is 3.84. The van der Waals surface area contributed by atoms with Crippen molar-refractivity contribution in [3.63, 3.8) is 0 Å². The predicted molar refractivity (Wildman–Crippen MR) is 77.0 cm³/mol. The van der Waals surface area contributed by atoms with Crippen LogP contribution in [0.15, 0.2) is 18.2 Å². The van der Waals surface area contributed by atoms with E-state index in [1.165, 1.54) is 23.1 Å². The van der Waals surface area contributed by atoms with Gasteiger partial charge in [0, 0.05) is 18.1 Å². The number of carbonyl (C=O) groups is 2. The van der Waals surface area contributed by atoms with Crippen LogP contribution in [0, 0.1) is 11.2 Å². The average molecular weight is 315 g/mol. The fourth-order valence-electron chi connectivity index (χ4n) is 2.20. The molecular formula is C14H16ClFN2O3. The molecule has 0 atom stereocenters. The number of nitrogens with zero attached hydrogens (tertiary/aromatic N) is 1. The summed E-state index contributed by atoms with van der Waals surface area (Å²) >= 11 is 5.76. The first kappa shape index (κ1) is 15.6. The largest absolute Gasteiger partial charge is 0.481 e. The summed E-state index contributed by atoms with van der Waals surface area (Å²) < 4.78 is 13.6. The third-order valence-corrected chi connectivity index (χ3v) is 4.08. The number of amides is 2. The molecule has 1 aliphatic heterocycles. The van der Waals surface area contributed by atoms with E-state index in [1.54, 1.807) is 6.92 Å². The fraction of sp³-hybridized carbons (Fsp3) is 0.429. The molecule has 5 nitrogen and oxygen atoms in total. The number of aliphatic carboxylic acids is 1. The second-order valence-corrected chi connectivity index (χ2v) is 5.84. The summed E-state index contributed by atoms with van der Waals surface area (Å²) in [5.74, 6) is -1.43. The van der Waals surface area contributed by atoms with E-state index in [9.17, 15) is 14.0 Å². The maximum atomic E-state index is 13.6. The number of piperidine rings is 1. The number of anilines is 1. The lowest BCUT2D eigenvalue weighted by Gasteiger charge is -2.36. The van der Waals surface area contributed by atoms with Crippen LogP contribution in [0.1, 0.15) is 19.8 Å². The fourth-order valence-corrected chi connectivity index (χ4v) is 2.38. The molecule has 0 radical (unpaired) electrons. The van der Waals surface area contributed by atoms with Crippen molar-refractivity contribution in [2.45, 2.75) is 19.8 Å². The van der Waals surface area contributed by atoms with E-state index in [1.807, 2.05) is 0 Å². The maximum absolute atomic E-state index is 13.6. The van der Waals surface area contributed by atoms with Crippen molar-refractivity contribution in [3.8, 4) is 0 Å². The molecule has 0 spiro atoms. The minimum atomic E-state index is -0.858. The summed E-state index contributed by atoms with van der Waals surface area (Å²) in [6, 6.07) is 3.45. The van der Waals surface area contributed by atoms with Crippen LogP contribution in [0.3, 0.4) is 0 Å². The second kappa shape index (κ2) is 5.89. The van der Waals surface area contributed by atoms with Crippen LogP contribution >= 0.6 is 11.6 Å². The number of carboxylic acid groups (broad SMARTS) is 1. The Morgan fingerprint density at radius 1 is 1.38 bits per heavy atom. The van der Waals surface area contributed by atoms with Gasteiger partial charge >= 0.3 is 12.0 Å². The molecule has 1 saturated heterocycles. The van der Waals surface area contributed by atoms with E-state index in [4.69, 9.17) is 16.7 Å². The molecule has 114 valence electrons. The van der Waals surface area contributed by atoms with Gasteiger partial charge in [-0.05, 0) is 38.0 Å². The summed E-state index contributed by atoms with van der Waals surface area (Å²) in [6.07, 6.45) is 0.738. The highest BCUT2D eigenvalue weighted by Crippen LogP contribution is 2.31. The summed E-state index contributed by atoms with van der Waals surface area (Å²) in [6.45, 7) is 2.30. The highest BCUT2D eigenvalue weighted by Gasteiger charge is 2.38. The molecule has 21 heavy (non-hydrogen) atoms. The summed E-state index contributed by atoms with van der Waals surface area (Å²) in [7, 11) is 0. The molecule has 2 amide bonds. The van der Waals surface area contributed by atoms with Crippen LogP contribution in [0.25, 0.3) is 0 Å². The van der Waals surface area contributed by atoms with E-state index in [0.717, 1.165) is 0 Å². The molecular weight excluding hydrogens is 299 g/mol. The highest BCUT2D eigenvalue weighted by molar-refractivity contribution is 6.30. The zero-order chi connectivity index (χ0) is 15.6. The Bertz CT molecular complexity index is 571. The van der Waals surface area contributed by atoms with Gasteiger partial charge in [0.05, 0.1) is 11.1 Å². The zero-order valence-corrected chi connectivity index (χ0v) is 12.3.